The molecular weight excluding hydrogens is 344 g/mol. The zero-order valence-electron chi connectivity index (χ0n) is 18.8. The number of carboxylic acids is 1. The Hall–Kier alpha value is -1.05. The van der Waals surface area contributed by atoms with Crippen LogP contribution in [0.25, 0.3) is 0 Å². The van der Waals surface area contributed by atoms with Crippen molar-refractivity contribution in [1.29, 1.82) is 0 Å². The number of hydrogen-bond donors (Lipinski definition) is 1. The average Bonchev–Trinajstić information content (AvgIpc) is 2.68. The fraction of sp³-hybridized carbons (Fsp3) is 0.808. The van der Waals surface area contributed by atoms with Gasteiger partial charge in [-0.3, -0.25) is 0 Å². The van der Waals surface area contributed by atoms with E-state index in [0.29, 0.717) is 0 Å². The molecule has 2 heteroatoms. The predicted molar refractivity (Wildman–Crippen MR) is 124 cm³/mol. The molecule has 0 spiro atoms. The first-order valence-corrected chi connectivity index (χ1v) is 12.3. The van der Waals surface area contributed by atoms with E-state index in [0.717, 1.165) is 6.42 Å². The van der Waals surface area contributed by atoms with E-state index >= 15 is 0 Å². The summed E-state index contributed by atoms with van der Waals surface area (Å²) in [6.45, 7) is 2.29. The summed E-state index contributed by atoms with van der Waals surface area (Å²) in [5, 5.41) is 8.46. The Morgan fingerprint density at radius 2 is 0.929 bits per heavy atom. The average molecular weight is 393 g/mol. The van der Waals surface area contributed by atoms with Crippen LogP contribution in [0.3, 0.4) is 0 Å². The molecule has 0 heterocycles. The highest BCUT2D eigenvalue weighted by Gasteiger charge is 1.95. The van der Waals surface area contributed by atoms with Crippen molar-refractivity contribution in [3.8, 4) is 0 Å². The third-order valence-corrected chi connectivity index (χ3v) is 5.46. The molecule has 0 bridgehead atoms. The molecule has 0 saturated carbocycles. The van der Waals surface area contributed by atoms with Crippen molar-refractivity contribution in [3.05, 3.63) is 24.3 Å². The van der Waals surface area contributed by atoms with Gasteiger partial charge in [-0.1, -0.05) is 141 Å². The lowest BCUT2D eigenvalue weighted by molar-refractivity contribution is -0.131. The Morgan fingerprint density at radius 3 is 1.29 bits per heavy atom. The lowest BCUT2D eigenvalue weighted by Gasteiger charge is -2.03. The molecule has 28 heavy (non-hydrogen) atoms. The highest BCUT2D eigenvalue weighted by Crippen LogP contribution is 2.14. The smallest absolute Gasteiger partial charge is 0.328 e. The summed E-state index contributed by atoms with van der Waals surface area (Å²) in [4.78, 5) is 10.3. The molecule has 0 amide bonds. The monoisotopic (exact) mass is 392 g/mol. The van der Waals surface area contributed by atoms with Gasteiger partial charge in [0.25, 0.3) is 0 Å². The van der Waals surface area contributed by atoms with E-state index in [1.807, 2.05) is 6.08 Å². The van der Waals surface area contributed by atoms with Crippen LogP contribution in [-0.2, 0) is 4.79 Å². The van der Waals surface area contributed by atoms with Gasteiger partial charge in [0.15, 0.2) is 0 Å². The Morgan fingerprint density at radius 1 is 0.571 bits per heavy atom. The van der Waals surface area contributed by atoms with E-state index in [4.69, 9.17) is 5.11 Å². The first-order valence-electron chi connectivity index (χ1n) is 12.3. The van der Waals surface area contributed by atoms with E-state index in [2.05, 4.69) is 13.0 Å². The maximum atomic E-state index is 10.3. The Kier molecular flexibility index (Phi) is 23.1. The number of hydrogen-bond acceptors (Lipinski definition) is 1. The van der Waals surface area contributed by atoms with Gasteiger partial charge in [0.05, 0.1) is 0 Å². The van der Waals surface area contributed by atoms with Crippen LogP contribution >= 0.6 is 0 Å². The molecule has 1 N–H and O–H groups in total. The molecule has 0 fully saturated rings. The summed E-state index contributed by atoms with van der Waals surface area (Å²) in [7, 11) is 0. The van der Waals surface area contributed by atoms with Crippen molar-refractivity contribution in [1.82, 2.24) is 0 Å². The lowest BCUT2D eigenvalue weighted by Crippen LogP contribution is -1.84. The van der Waals surface area contributed by atoms with Gasteiger partial charge in [0.2, 0.25) is 0 Å². The van der Waals surface area contributed by atoms with Crippen LogP contribution in [-0.4, -0.2) is 11.1 Å². The molecule has 0 saturated heterocycles. The normalized spacial score (nSPS) is 11.8. The first kappa shape index (κ1) is 27.0. The molecule has 0 rings (SSSR count). The number of carbonyl (C=O) groups is 1. The van der Waals surface area contributed by atoms with Crippen LogP contribution < -0.4 is 0 Å². The largest absolute Gasteiger partial charge is 0.478 e. The minimum absolute atomic E-state index is 0.881. The number of rotatable bonds is 22. The van der Waals surface area contributed by atoms with Crippen LogP contribution in [0, 0.1) is 0 Å². The molecule has 0 aliphatic heterocycles. The zero-order chi connectivity index (χ0) is 20.5. The maximum Gasteiger partial charge on any atom is 0.328 e. The topological polar surface area (TPSA) is 37.3 Å². The van der Waals surface area contributed by atoms with Gasteiger partial charge in [-0.25, -0.2) is 4.79 Å². The van der Waals surface area contributed by atoms with E-state index in [-0.39, 0.29) is 0 Å². The van der Waals surface area contributed by atoms with Crippen molar-refractivity contribution in [3.63, 3.8) is 0 Å². The van der Waals surface area contributed by atoms with Gasteiger partial charge >= 0.3 is 5.97 Å². The third-order valence-electron chi connectivity index (χ3n) is 5.46. The lowest BCUT2D eigenvalue weighted by atomic mass is 10.0. The standard InChI is InChI=1S/C26H48O2/c1-2-3-4-5-6-7-8-9-10-11-12-13-14-15-16-17-18-19-20-21-22-23-24-25-26(27)28/h22-25H,2-21H2,1H3,(H,27,28)/b23-22-,25-24+. The first-order chi connectivity index (χ1) is 13.8. The van der Waals surface area contributed by atoms with Gasteiger partial charge in [-0.2, -0.15) is 0 Å². The van der Waals surface area contributed by atoms with Gasteiger partial charge in [-0.05, 0) is 12.8 Å². The fourth-order valence-corrected chi connectivity index (χ4v) is 3.65. The van der Waals surface area contributed by atoms with Crippen molar-refractivity contribution in [2.45, 2.75) is 135 Å². The van der Waals surface area contributed by atoms with Crippen molar-refractivity contribution in [2.24, 2.45) is 0 Å². The quantitative estimate of drug-likeness (QED) is 0.113. The van der Waals surface area contributed by atoms with Crippen LogP contribution in [0.5, 0.6) is 0 Å². The minimum Gasteiger partial charge on any atom is -0.478 e. The van der Waals surface area contributed by atoms with Crippen LogP contribution in [0.15, 0.2) is 24.3 Å². The molecule has 2 nitrogen and oxygen atoms in total. The molecule has 0 aliphatic carbocycles. The molecule has 164 valence electrons. The highest BCUT2D eigenvalue weighted by atomic mass is 16.4. The van der Waals surface area contributed by atoms with Crippen LogP contribution in [0.1, 0.15) is 135 Å². The molecule has 0 aromatic rings. The third kappa shape index (κ3) is 24.9. The zero-order valence-corrected chi connectivity index (χ0v) is 18.8. The molecule has 0 atom stereocenters. The van der Waals surface area contributed by atoms with Gasteiger partial charge in [0, 0.05) is 6.08 Å². The van der Waals surface area contributed by atoms with Gasteiger partial charge in [0.1, 0.15) is 0 Å². The van der Waals surface area contributed by atoms with Crippen LogP contribution in [0.2, 0.25) is 0 Å². The molecular formula is C26H48O2. The number of allylic oxidation sites excluding steroid dienone is 3. The molecule has 0 aromatic heterocycles. The fourth-order valence-electron chi connectivity index (χ4n) is 3.65. The maximum absolute atomic E-state index is 10.3. The SMILES string of the molecule is CCCCCCCCCCCCCCCCCCCCC/C=C\C=C\C(=O)O. The number of carboxylic acid groups (broad SMARTS) is 1. The number of unbranched alkanes of at least 4 members (excludes halogenated alkanes) is 19. The van der Waals surface area contributed by atoms with Crippen molar-refractivity contribution < 1.29 is 9.90 Å². The van der Waals surface area contributed by atoms with E-state index in [1.165, 1.54) is 128 Å². The molecule has 0 unspecified atom stereocenters. The second-order valence-corrected chi connectivity index (χ2v) is 8.28. The molecule has 0 aliphatic rings. The predicted octanol–water partition coefficient (Wildman–Crippen LogP) is 9.01. The van der Waals surface area contributed by atoms with Gasteiger partial charge in [-0.15, -0.1) is 0 Å². The summed E-state index contributed by atoms with van der Waals surface area (Å²) >= 11 is 0. The summed E-state index contributed by atoms with van der Waals surface area (Å²) in [5.41, 5.74) is 0. The number of aliphatic carboxylic acids is 1. The van der Waals surface area contributed by atoms with E-state index < -0.39 is 5.97 Å². The summed E-state index contributed by atoms with van der Waals surface area (Å²) in [6, 6.07) is 0. The summed E-state index contributed by atoms with van der Waals surface area (Å²) in [6.07, 6.45) is 34.5. The molecule has 0 aromatic carbocycles. The Labute approximate surface area is 175 Å². The van der Waals surface area contributed by atoms with Crippen LogP contribution in [0.4, 0.5) is 0 Å². The highest BCUT2D eigenvalue weighted by molar-refractivity contribution is 5.80. The van der Waals surface area contributed by atoms with E-state index in [9.17, 15) is 4.79 Å². The van der Waals surface area contributed by atoms with Crippen molar-refractivity contribution in [2.75, 3.05) is 0 Å². The minimum atomic E-state index is -0.881. The van der Waals surface area contributed by atoms with Crippen molar-refractivity contribution >= 4 is 5.97 Å². The second kappa shape index (κ2) is 24.0. The van der Waals surface area contributed by atoms with E-state index in [1.54, 1.807) is 6.08 Å². The molecule has 0 radical (unpaired) electrons. The summed E-state index contributed by atoms with van der Waals surface area (Å²) in [5.74, 6) is -0.881. The van der Waals surface area contributed by atoms with Gasteiger partial charge < -0.3 is 5.11 Å². The Bertz CT molecular complexity index is 371. The summed E-state index contributed by atoms with van der Waals surface area (Å²) < 4.78 is 0. The second-order valence-electron chi connectivity index (χ2n) is 8.28. The Balaban J connectivity index is 3.07.